The molecule has 0 bridgehead atoms. The van der Waals surface area contributed by atoms with Crippen LogP contribution in [0.15, 0.2) is 53.4 Å². The van der Waals surface area contributed by atoms with Gasteiger partial charge in [-0.1, -0.05) is 72.4 Å². The Hall–Kier alpha value is -3.17. The normalized spacial score (nSPS) is 14.6. The van der Waals surface area contributed by atoms with Crippen LogP contribution in [0.2, 0.25) is 0 Å². The molecule has 0 aliphatic carbocycles. The third-order valence-corrected chi connectivity index (χ3v) is 6.38. The number of nitrogens with one attached hydrogen (secondary N) is 2. The second-order valence-corrected chi connectivity index (χ2v) is 9.25. The highest BCUT2D eigenvalue weighted by atomic mass is 32.2. The maximum atomic E-state index is 12.7. The van der Waals surface area contributed by atoms with Crippen LogP contribution in [0.1, 0.15) is 47.2 Å². The summed E-state index contributed by atoms with van der Waals surface area (Å²) in [5.41, 5.74) is 6.83. The molecule has 1 fully saturated rings. The van der Waals surface area contributed by atoms with E-state index in [9.17, 15) is 19.5 Å². The standard InChI is InChI=1S/C24H25N3O4S2/c1-16-10-12-17(13-11-16)15-20-23(31)27(24(32)33-20)14-6-2-3-9-21(29)25-26-22(30)18-7-4-5-8-19(18)28/h4-5,7-8,10-13,15,28H,2-3,6,9,14H2,1H3,(H,25,29)(H,26,30)/b20-15-. The van der Waals surface area contributed by atoms with Gasteiger partial charge >= 0.3 is 0 Å². The molecule has 33 heavy (non-hydrogen) atoms. The first-order valence-corrected chi connectivity index (χ1v) is 11.8. The van der Waals surface area contributed by atoms with E-state index in [0.717, 1.165) is 17.5 Å². The minimum absolute atomic E-state index is 0.0812. The zero-order valence-electron chi connectivity index (χ0n) is 18.2. The second kappa shape index (κ2) is 11.6. The molecule has 2 aromatic carbocycles. The average molecular weight is 484 g/mol. The maximum absolute atomic E-state index is 12.7. The third kappa shape index (κ3) is 6.90. The monoisotopic (exact) mass is 483 g/mol. The van der Waals surface area contributed by atoms with Gasteiger partial charge in [-0.2, -0.15) is 0 Å². The van der Waals surface area contributed by atoms with Gasteiger partial charge in [-0.3, -0.25) is 30.1 Å². The van der Waals surface area contributed by atoms with E-state index in [2.05, 4.69) is 10.9 Å². The van der Waals surface area contributed by atoms with Crippen LogP contribution in [0.3, 0.4) is 0 Å². The predicted octanol–water partition coefficient (Wildman–Crippen LogP) is 3.92. The summed E-state index contributed by atoms with van der Waals surface area (Å²) in [5, 5.41) is 9.66. The number of unbranched alkanes of at least 4 members (excludes halogenated alkanes) is 2. The average Bonchev–Trinajstić information content (AvgIpc) is 3.06. The number of aryl methyl sites for hydroxylation is 1. The number of benzene rings is 2. The molecule has 0 aromatic heterocycles. The molecule has 1 heterocycles. The Morgan fingerprint density at radius 2 is 1.79 bits per heavy atom. The van der Waals surface area contributed by atoms with Crippen LogP contribution in [0.5, 0.6) is 5.75 Å². The fraction of sp³-hybridized carbons (Fsp3) is 0.250. The molecule has 7 nitrogen and oxygen atoms in total. The molecule has 0 atom stereocenters. The second-order valence-electron chi connectivity index (χ2n) is 7.57. The number of phenols is 1. The molecular formula is C24H25N3O4S2. The highest BCUT2D eigenvalue weighted by molar-refractivity contribution is 8.26. The van der Waals surface area contributed by atoms with E-state index >= 15 is 0 Å². The van der Waals surface area contributed by atoms with Crippen LogP contribution in [0, 0.1) is 6.92 Å². The van der Waals surface area contributed by atoms with Crippen molar-refractivity contribution >= 4 is 52.1 Å². The topological polar surface area (TPSA) is 98.7 Å². The van der Waals surface area contributed by atoms with E-state index in [1.54, 1.807) is 17.0 Å². The van der Waals surface area contributed by atoms with Gasteiger partial charge in [-0.05, 0) is 43.5 Å². The molecule has 3 rings (SSSR count). The smallest absolute Gasteiger partial charge is 0.273 e. The van der Waals surface area contributed by atoms with Crippen molar-refractivity contribution in [2.45, 2.75) is 32.6 Å². The number of hydrogen-bond acceptors (Lipinski definition) is 6. The minimum atomic E-state index is -0.588. The number of carbonyl (C=O) groups is 3. The number of hydrazine groups is 1. The zero-order valence-corrected chi connectivity index (χ0v) is 19.8. The van der Waals surface area contributed by atoms with Crippen molar-refractivity contribution < 1.29 is 19.5 Å². The van der Waals surface area contributed by atoms with Gasteiger partial charge in [0.1, 0.15) is 10.1 Å². The summed E-state index contributed by atoms with van der Waals surface area (Å²) in [7, 11) is 0. The van der Waals surface area contributed by atoms with Crippen LogP contribution in [0.25, 0.3) is 6.08 Å². The molecular weight excluding hydrogens is 458 g/mol. The number of para-hydroxylation sites is 1. The number of nitrogens with zero attached hydrogens (tertiary/aromatic N) is 1. The largest absolute Gasteiger partial charge is 0.507 e. The van der Waals surface area contributed by atoms with E-state index in [1.807, 2.05) is 37.3 Å². The zero-order chi connectivity index (χ0) is 23.8. The van der Waals surface area contributed by atoms with Crippen LogP contribution in [0.4, 0.5) is 0 Å². The van der Waals surface area contributed by atoms with Gasteiger partial charge in [0.15, 0.2) is 0 Å². The summed E-state index contributed by atoms with van der Waals surface area (Å²) in [6.45, 7) is 2.51. The molecule has 0 saturated carbocycles. The van der Waals surface area contributed by atoms with E-state index in [4.69, 9.17) is 12.2 Å². The fourth-order valence-electron chi connectivity index (χ4n) is 3.16. The first-order chi connectivity index (χ1) is 15.8. The molecule has 1 aliphatic heterocycles. The summed E-state index contributed by atoms with van der Waals surface area (Å²) >= 11 is 6.67. The lowest BCUT2D eigenvalue weighted by Crippen LogP contribution is -2.41. The number of aromatic hydroxyl groups is 1. The molecule has 2 aromatic rings. The van der Waals surface area contributed by atoms with Crippen LogP contribution in [-0.2, 0) is 9.59 Å². The first-order valence-electron chi connectivity index (χ1n) is 10.5. The molecule has 172 valence electrons. The lowest BCUT2D eigenvalue weighted by molar-refractivity contribution is -0.123. The van der Waals surface area contributed by atoms with Gasteiger partial charge in [-0.25, -0.2) is 0 Å². The molecule has 0 radical (unpaired) electrons. The number of thiocarbonyl (C=S) groups is 1. The Morgan fingerprint density at radius 1 is 1.06 bits per heavy atom. The van der Waals surface area contributed by atoms with E-state index in [-0.39, 0.29) is 29.5 Å². The van der Waals surface area contributed by atoms with Crippen molar-refractivity contribution in [1.29, 1.82) is 0 Å². The molecule has 3 N–H and O–H groups in total. The number of thioether (sulfide) groups is 1. The quantitative estimate of drug-likeness (QED) is 0.228. The maximum Gasteiger partial charge on any atom is 0.273 e. The summed E-state index contributed by atoms with van der Waals surface area (Å²) in [4.78, 5) is 38.8. The third-order valence-electron chi connectivity index (χ3n) is 5.00. The van der Waals surface area contributed by atoms with Gasteiger partial charge in [0.25, 0.3) is 11.8 Å². The van der Waals surface area contributed by atoms with Crippen molar-refractivity contribution in [3.63, 3.8) is 0 Å². The van der Waals surface area contributed by atoms with Crippen LogP contribution < -0.4 is 10.9 Å². The highest BCUT2D eigenvalue weighted by Gasteiger charge is 2.31. The molecule has 1 aliphatic rings. The van der Waals surface area contributed by atoms with Crippen LogP contribution >= 0.6 is 24.0 Å². The predicted molar refractivity (Wildman–Crippen MR) is 133 cm³/mol. The Bertz CT molecular complexity index is 1080. The Balaban J connectivity index is 1.36. The Morgan fingerprint density at radius 3 is 2.52 bits per heavy atom. The number of amides is 3. The van der Waals surface area contributed by atoms with E-state index < -0.39 is 5.91 Å². The van der Waals surface area contributed by atoms with Crippen molar-refractivity contribution in [3.8, 4) is 5.75 Å². The van der Waals surface area contributed by atoms with Crippen LogP contribution in [-0.4, -0.2) is 38.6 Å². The lowest BCUT2D eigenvalue weighted by atomic mass is 10.1. The summed E-state index contributed by atoms with van der Waals surface area (Å²) in [6.07, 6.45) is 4.13. The van der Waals surface area contributed by atoms with Gasteiger partial charge < -0.3 is 5.11 Å². The lowest BCUT2D eigenvalue weighted by Gasteiger charge is -2.14. The molecule has 1 saturated heterocycles. The van der Waals surface area contributed by atoms with Crippen molar-refractivity contribution in [2.24, 2.45) is 0 Å². The summed E-state index contributed by atoms with van der Waals surface area (Å²) < 4.78 is 0.544. The number of phenolic OH excluding ortho intramolecular Hbond substituents is 1. The van der Waals surface area contributed by atoms with Crippen molar-refractivity contribution in [3.05, 3.63) is 70.1 Å². The van der Waals surface area contributed by atoms with Gasteiger partial charge in [-0.15, -0.1) is 0 Å². The van der Waals surface area contributed by atoms with Gasteiger partial charge in [0.2, 0.25) is 5.91 Å². The molecule has 9 heteroatoms. The van der Waals surface area contributed by atoms with E-state index in [0.29, 0.717) is 28.6 Å². The Kier molecular flexibility index (Phi) is 8.62. The summed E-state index contributed by atoms with van der Waals surface area (Å²) in [6, 6.07) is 14.0. The number of carbonyl (C=O) groups excluding carboxylic acids is 3. The molecule has 3 amide bonds. The Labute approximate surface area is 202 Å². The highest BCUT2D eigenvalue weighted by Crippen LogP contribution is 2.32. The molecule has 0 unspecified atom stereocenters. The van der Waals surface area contributed by atoms with Gasteiger partial charge in [0.05, 0.1) is 10.5 Å². The number of hydrogen-bond donors (Lipinski definition) is 3. The minimum Gasteiger partial charge on any atom is -0.507 e. The van der Waals surface area contributed by atoms with Gasteiger partial charge in [0, 0.05) is 13.0 Å². The first kappa shape index (κ1) is 24.5. The van der Waals surface area contributed by atoms with Crippen molar-refractivity contribution in [2.75, 3.05) is 6.54 Å². The SMILES string of the molecule is Cc1ccc(/C=C2\SC(=S)N(CCCCCC(=O)NNC(=O)c3ccccc3O)C2=O)cc1. The summed E-state index contributed by atoms with van der Waals surface area (Å²) in [5.74, 6) is -1.16. The molecule has 0 spiro atoms. The fourth-order valence-corrected chi connectivity index (χ4v) is 4.47. The van der Waals surface area contributed by atoms with Crippen molar-refractivity contribution in [1.82, 2.24) is 15.8 Å². The number of rotatable bonds is 8. The van der Waals surface area contributed by atoms with E-state index in [1.165, 1.54) is 23.9 Å².